The van der Waals surface area contributed by atoms with E-state index in [1.165, 1.54) is 0 Å². The van der Waals surface area contributed by atoms with E-state index in [1.54, 1.807) is 0 Å². The summed E-state index contributed by atoms with van der Waals surface area (Å²) in [7, 11) is 0. The third kappa shape index (κ3) is 5.86. The highest BCUT2D eigenvalue weighted by Crippen LogP contribution is 2.51. The van der Waals surface area contributed by atoms with Gasteiger partial charge in [0.2, 0.25) is 0 Å². The minimum atomic E-state index is -0.709. The van der Waals surface area contributed by atoms with E-state index < -0.39 is 12.1 Å². The van der Waals surface area contributed by atoms with Gasteiger partial charge in [-0.1, -0.05) is 31.9 Å². The Balaban J connectivity index is 1.83. The minimum Gasteiger partial charge on any atom is -0.481 e. The lowest BCUT2D eigenvalue weighted by Gasteiger charge is -2.20. The van der Waals surface area contributed by atoms with Gasteiger partial charge in [0.25, 0.3) is 0 Å². The van der Waals surface area contributed by atoms with Crippen LogP contribution in [0.5, 0.6) is 0 Å². The Morgan fingerprint density at radius 3 is 2.73 bits per heavy atom. The van der Waals surface area contributed by atoms with Gasteiger partial charge in [-0.05, 0) is 56.3 Å². The van der Waals surface area contributed by atoms with Gasteiger partial charge in [-0.15, -0.1) is 11.8 Å². The van der Waals surface area contributed by atoms with Crippen LogP contribution < -0.4 is 0 Å². The van der Waals surface area contributed by atoms with Crippen LogP contribution in [0.25, 0.3) is 0 Å². The summed E-state index contributed by atoms with van der Waals surface area (Å²) in [5.41, 5.74) is 0. The number of carboxylic acid groups (broad SMARTS) is 1. The van der Waals surface area contributed by atoms with Crippen molar-refractivity contribution in [2.75, 3.05) is 0 Å². The van der Waals surface area contributed by atoms with E-state index in [1.807, 2.05) is 26.0 Å². The van der Waals surface area contributed by atoms with Crippen LogP contribution in [0.1, 0.15) is 65.2 Å². The van der Waals surface area contributed by atoms with Crippen LogP contribution in [0.4, 0.5) is 0 Å². The van der Waals surface area contributed by atoms with Crippen molar-refractivity contribution in [1.29, 1.82) is 0 Å². The zero-order chi connectivity index (χ0) is 19.1. The van der Waals surface area contributed by atoms with Gasteiger partial charge in [-0.25, -0.2) is 0 Å². The van der Waals surface area contributed by atoms with Crippen LogP contribution in [0.3, 0.4) is 0 Å². The number of aliphatic carboxylic acids is 1. The van der Waals surface area contributed by atoms with E-state index in [9.17, 15) is 15.0 Å². The highest BCUT2D eigenvalue weighted by Gasteiger charge is 2.46. The van der Waals surface area contributed by atoms with E-state index in [4.69, 9.17) is 5.11 Å². The summed E-state index contributed by atoms with van der Waals surface area (Å²) in [6, 6.07) is 0. The quantitative estimate of drug-likeness (QED) is 0.333. The molecule has 2 rings (SSSR count). The molecule has 4 nitrogen and oxygen atoms in total. The van der Waals surface area contributed by atoms with Crippen molar-refractivity contribution in [3.05, 3.63) is 12.2 Å². The molecular weight excluding hydrogens is 328 g/mol. The maximum absolute atomic E-state index is 10.6. The molecule has 0 heterocycles. The summed E-state index contributed by atoms with van der Waals surface area (Å²) in [5.74, 6) is 7.14. The lowest BCUT2D eigenvalue weighted by Crippen LogP contribution is -2.20. The average Bonchev–Trinajstić information content (AvgIpc) is 3.10. The third-order valence-corrected chi connectivity index (χ3v) is 6.30. The molecule has 2 saturated carbocycles. The largest absolute Gasteiger partial charge is 0.481 e. The molecule has 2 aliphatic rings. The Kier molecular flexibility index (Phi) is 8.18. The smallest absolute Gasteiger partial charge is 0.303 e. The zero-order valence-electron chi connectivity index (χ0n) is 16.1. The highest BCUT2D eigenvalue weighted by molar-refractivity contribution is 5.66. The molecule has 0 bridgehead atoms. The molecular formula is C22H34O4. The Morgan fingerprint density at radius 2 is 2.04 bits per heavy atom. The Labute approximate surface area is 157 Å². The first-order valence-electron chi connectivity index (χ1n) is 10.1. The molecule has 2 unspecified atom stereocenters. The molecule has 2 aliphatic carbocycles. The normalized spacial score (nSPS) is 32.8. The van der Waals surface area contributed by atoms with Crippen molar-refractivity contribution in [2.45, 2.75) is 77.4 Å². The topological polar surface area (TPSA) is 77.8 Å². The molecule has 2 fully saturated rings. The molecule has 3 N–H and O–H groups in total. The molecule has 0 aromatic rings. The van der Waals surface area contributed by atoms with Crippen LogP contribution in [-0.2, 0) is 4.79 Å². The second-order valence-corrected chi connectivity index (χ2v) is 8.26. The van der Waals surface area contributed by atoms with Crippen LogP contribution >= 0.6 is 0 Å². The number of fused-ring (bicyclic) bond motifs is 1. The predicted molar refractivity (Wildman–Crippen MR) is 102 cm³/mol. The molecule has 26 heavy (non-hydrogen) atoms. The fraction of sp³-hybridized carbons (Fsp3) is 0.773. The molecule has 146 valence electrons. The van der Waals surface area contributed by atoms with Gasteiger partial charge >= 0.3 is 5.97 Å². The van der Waals surface area contributed by atoms with Crippen molar-refractivity contribution in [3.8, 4) is 11.8 Å². The first-order valence-corrected chi connectivity index (χ1v) is 10.1. The van der Waals surface area contributed by atoms with E-state index >= 15 is 0 Å². The van der Waals surface area contributed by atoms with E-state index in [0.29, 0.717) is 24.2 Å². The molecule has 4 heteroatoms. The van der Waals surface area contributed by atoms with Crippen molar-refractivity contribution in [3.63, 3.8) is 0 Å². The number of aliphatic hydroxyl groups is 2. The van der Waals surface area contributed by atoms with Crippen LogP contribution in [0.15, 0.2) is 12.2 Å². The fourth-order valence-electron chi connectivity index (χ4n) is 4.80. The van der Waals surface area contributed by atoms with E-state index in [0.717, 1.165) is 38.5 Å². The van der Waals surface area contributed by atoms with Gasteiger partial charge in [0.1, 0.15) is 0 Å². The zero-order valence-corrected chi connectivity index (χ0v) is 16.1. The summed E-state index contributed by atoms with van der Waals surface area (Å²) < 4.78 is 0. The van der Waals surface area contributed by atoms with Crippen molar-refractivity contribution in [2.24, 2.45) is 29.6 Å². The Morgan fingerprint density at radius 1 is 1.27 bits per heavy atom. The first-order chi connectivity index (χ1) is 12.4. The standard InChI is InChI=1S/C22H34O4/c1-3-4-7-15(2)20(23)11-10-18-19-13-16(8-5-6-9-22(25)26)12-17(19)14-21(18)24/h10-11,15-21,23-24H,5-9,12-14H2,1-2H3,(H,25,26)/b11-10+/t15?,16?,17-,18+,19-,20+,21+/m0/s1. The monoisotopic (exact) mass is 362 g/mol. The summed E-state index contributed by atoms with van der Waals surface area (Å²) in [6.07, 6.45) is 10.0. The van der Waals surface area contributed by atoms with Crippen molar-refractivity contribution in [1.82, 2.24) is 0 Å². The number of hydrogen-bond donors (Lipinski definition) is 3. The van der Waals surface area contributed by atoms with Crippen LogP contribution in [0, 0.1) is 41.4 Å². The average molecular weight is 363 g/mol. The summed E-state index contributed by atoms with van der Waals surface area (Å²) in [6.45, 7) is 3.80. The number of hydrogen-bond acceptors (Lipinski definition) is 3. The SMILES string of the molecule is CC#CCC(C)[C@H](O)/C=C/[C@@H]1[C@H]2CC(CCCCC(=O)O)C[C@H]2C[C@H]1O. The van der Waals surface area contributed by atoms with Crippen molar-refractivity contribution < 1.29 is 20.1 Å². The van der Waals surface area contributed by atoms with Crippen LogP contribution in [-0.4, -0.2) is 33.5 Å². The molecule has 0 spiro atoms. The Bertz CT molecular complexity index is 544. The molecule has 0 aliphatic heterocycles. The van der Waals surface area contributed by atoms with E-state index in [2.05, 4.69) is 11.8 Å². The minimum absolute atomic E-state index is 0.0959. The third-order valence-electron chi connectivity index (χ3n) is 6.30. The maximum atomic E-state index is 10.6. The fourth-order valence-corrected chi connectivity index (χ4v) is 4.80. The maximum Gasteiger partial charge on any atom is 0.303 e. The summed E-state index contributed by atoms with van der Waals surface area (Å²) >= 11 is 0. The lowest BCUT2D eigenvalue weighted by molar-refractivity contribution is -0.137. The number of carboxylic acids is 1. The molecule has 7 atom stereocenters. The first kappa shape index (κ1) is 21.0. The van der Waals surface area contributed by atoms with Gasteiger partial charge in [0.15, 0.2) is 0 Å². The highest BCUT2D eigenvalue weighted by atomic mass is 16.4. The van der Waals surface area contributed by atoms with Gasteiger partial charge < -0.3 is 15.3 Å². The second-order valence-electron chi connectivity index (χ2n) is 8.26. The number of unbranched alkanes of at least 4 members (excludes halogenated alkanes) is 1. The van der Waals surface area contributed by atoms with Crippen LogP contribution in [0.2, 0.25) is 0 Å². The second kappa shape index (κ2) is 10.1. The van der Waals surface area contributed by atoms with Gasteiger partial charge in [-0.2, -0.15) is 0 Å². The molecule has 0 aromatic heterocycles. The lowest BCUT2D eigenvalue weighted by atomic mass is 9.88. The molecule has 0 aromatic carbocycles. The molecule has 0 saturated heterocycles. The summed E-state index contributed by atoms with van der Waals surface area (Å²) in [4.78, 5) is 10.6. The number of rotatable bonds is 9. The Hall–Kier alpha value is -1.31. The molecule has 0 amide bonds. The van der Waals surface area contributed by atoms with Gasteiger partial charge in [-0.3, -0.25) is 4.79 Å². The predicted octanol–water partition coefficient (Wildman–Crippen LogP) is 3.62. The van der Waals surface area contributed by atoms with Crippen molar-refractivity contribution >= 4 is 5.97 Å². The summed E-state index contributed by atoms with van der Waals surface area (Å²) in [5, 5.41) is 29.4. The number of aliphatic hydroxyl groups excluding tert-OH is 2. The van der Waals surface area contributed by atoms with E-state index in [-0.39, 0.29) is 24.4 Å². The number of carbonyl (C=O) groups is 1. The molecule has 0 radical (unpaired) electrons. The van der Waals surface area contributed by atoms with Gasteiger partial charge in [0, 0.05) is 18.8 Å². The van der Waals surface area contributed by atoms with Gasteiger partial charge in [0.05, 0.1) is 12.2 Å².